The maximum absolute atomic E-state index is 12.6. The average Bonchev–Trinajstić information content (AvgIpc) is 2.74. The number of nitrogens with one attached hydrogen (secondary N) is 1. The molecule has 3 rings (SSSR count). The summed E-state index contributed by atoms with van der Waals surface area (Å²) < 4.78 is 20.9. The lowest BCUT2D eigenvalue weighted by Crippen LogP contribution is -2.74. The van der Waals surface area contributed by atoms with Crippen LogP contribution in [0.4, 0.5) is 0 Å². The third-order valence-electron chi connectivity index (χ3n) is 4.09. The number of para-hydroxylation sites is 1. The molecule has 3 atom stereocenters. The highest BCUT2D eigenvalue weighted by Crippen LogP contribution is 2.34. The van der Waals surface area contributed by atoms with Crippen molar-refractivity contribution < 1.29 is 32.9 Å². The van der Waals surface area contributed by atoms with E-state index in [1.54, 1.807) is 30.3 Å². The first-order valence-electron chi connectivity index (χ1n) is 8.51. The number of rotatable bonds is 6. The van der Waals surface area contributed by atoms with Gasteiger partial charge in [0.2, 0.25) is 3.79 Å². The molecule has 0 radical (unpaired) electrons. The third-order valence-corrected chi connectivity index (χ3v) is 5.95. The normalized spacial score (nSPS) is 22.5. The average molecular weight is 508 g/mol. The van der Waals surface area contributed by atoms with E-state index in [2.05, 4.69) is 10.1 Å². The Labute approximate surface area is 193 Å². The van der Waals surface area contributed by atoms with Crippen LogP contribution in [0, 0.1) is 0 Å². The fraction of sp³-hybridized carbons (Fsp3) is 0.294. The minimum atomic E-state index is -2.04. The Bertz CT molecular complexity index is 1020. The van der Waals surface area contributed by atoms with Crippen LogP contribution in [0.5, 0.6) is 5.75 Å². The Hall–Kier alpha value is -2.43. The molecule has 0 saturated carbocycles. The van der Waals surface area contributed by atoms with Crippen LogP contribution < -0.4 is 10.1 Å². The van der Waals surface area contributed by atoms with Crippen molar-refractivity contribution in [1.29, 1.82) is 0 Å². The van der Waals surface area contributed by atoms with E-state index in [-0.39, 0.29) is 5.70 Å². The summed E-state index contributed by atoms with van der Waals surface area (Å²) >= 11 is 16.6. The number of fused-ring (bicyclic) bond motifs is 1. The largest absolute Gasteiger partial charge is 0.484 e. The van der Waals surface area contributed by atoms with Crippen molar-refractivity contribution in [3.8, 4) is 5.75 Å². The number of alkyl halides is 3. The first-order valence-corrected chi connectivity index (χ1v) is 10.9. The number of hydrogen-bond donors (Lipinski definition) is 1. The van der Waals surface area contributed by atoms with Gasteiger partial charge in [-0.25, -0.2) is 9.00 Å². The zero-order valence-corrected chi connectivity index (χ0v) is 18.5. The van der Waals surface area contributed by atoms with Crippen molar-refractivity contribution in [3.63, 3.8) is 0 Å². The summed E-state index contributed by atoms with van der Waals surface area (Å²) in [5.41, 5.74) is 8.74. The van der Waals surface area contributed by atoms with E-state index in [9.17, 15) is 18.6 Å². The molecule has 31 heavy (non-hydrogen) atoms. The van der Waals surface area contributed by atoms with Crippen LogP contribution in [-0.2, 0) is 29.9 Å². The molecule has 1 saturated heterocycles. The molecule has 164 valence electrons. The molecule has 1 N–H and O–H groups in total. The number of esters is 1. The highest BCUT2D eigenvalue weighted by molar-refractivity contribution is 8.01. The molecule has 10 nitrogen and oxygen atoms in total. The Kier molecular flexibility index (Phi) is 7.03. The van der Waals surface area contributed by atoms with Gasteiger partial charge in [-0.05, 0) is 12.1 Å². The highest BCUT2D eigenvalue weighted by atomic mass is 35.6. The van der Waals surface area contributed by atoms with E-state index in [0.29, 0.717) is 5.75 Å². The quantitative estimate of drug-likeness (QED) is 0.200. The van der Waals surface area contributed by atoms with E-state index in [4.69, 9.17) is 49.8 Å². The summed E-state index contributed by atoms with van der Waals surface area (Å²) in [5, 5.41) is 0.810. The number of carbonyl (C=O) groups excluding carboxylic acids is 3. The fourth-order valence-electron chi connectivity index (χ4n) is 2.77. The lowest BCUT2D eigenvalue weighted by atomic mass is 10.1. The Morgan fingerprint density at radius 3 is 2.55 bits per heavy atom. The predicted molar refractivity (Wildman–Crippen MR) is 111 cm³/mol. The molecule has 1 unspecified atom stereocenters. The number of hydrogen-bond acceptors (Lipinski definition) is 6. The van der Waals surface area contributed by atoms with Crippen molar-refractivity contribution in [2.45, 2.75) is 15.2 Å². The molecular formula is C17H13Cl3N4O6S. The predicted octanol–water partition coefficient (Wildman–Crippen LogP) is 0.906. The van der Waals surface area contributed by atoms with Gasteiger partial charge in [0.1, 0.15) is 24.1 Å². The molecule has 2 amide bonds. The lowest BCUT2D eigenvalue weighted by Gasteiger charge is -2.46. The number of amides is 2. The van der Waals surface area contributed by atoms with E-state index < -0.39 is 62.0 Å². The van der Waals surface area contributed by atoms with Gasteiger partial charge in [0.05, 0.1) is 6.08 Å². The molecule has 1 aromatic rings. The van der Waals surface area contributed by atoms with Crippen molar-refractivity contribution >= 4 is 68.4 Å². The fourth-order valence-corrected chi connectivity index (χ4v) is 4.33. The summed E-state index contributed by atoms with van der Waals surface area (Å²) in [5.74, 6) is -2.01. The highest BCUT2D eigenvalue weighted by Gasteiger charge is 2.59. The zero-order chi connectivity index (χ0) is 22.8. The van der Waals surface area contributed by atoms with E-state index >= 15 is 0 Å². The smallest absolute Gasteiger partial charge is 0.383 e. The van der Waals surface area contributed by atoms with Crippen LogP contribution in [-0.4, -0.2) is 65.1 Å². The molecule has 1 fully saturated rings. The Morgan fingerprint density at radius 1 is 1.26 bits per heavy atom. The molecule has 2 aliphatic rings. The summed E-state index contributed by atoms with van der Waals surface area (Å²) in [6, 6.07) is 7.26. The lowest BCUT2D eigenvalue weighted by molar-refractivity contribution is -0.153. The Balaban J connectivity index is 1.71. The minimum Gasteiger partial charge on any atom is -0.484 e. The van der Waals surface area contributed by atoms with Crippen LogP contribution in [0.3, 0.4) is 0 Å². The summed E-state index contributed by atoms with van der Waals surface area (Å²) in [7, 11) is -2.04. The van der Waals surface area contributed by atoms with Gasteiger partial charge in [0, 0.05) is 0 Å². The van der Waals surface area contributed by atoms with E-state index in [1.165, 1.54) is 0 Å². The van der Waals surface area contributed by atoms with Crippen LogP contribution in [0.1, 0.15) is 0 Å². The Morgan fingerprint density at radius 2 is 1.94 bits per heavy atom. The molecule has 1 aromatic carbocycles. The van der Waals surface area contributed by atoms with Gasteiger partial charge in [-0.3, -0.25) is 14.5 Å². The standard InChI is InChI=1S/C17H13Cl3N4O6S/c18-17(19,20)8-30-16(27)10-6-12(23-21)31(28)15-13(14(26)24(10)15)22-11(25)7-29-9-4-2-1-3-5-9/h1-6,13,15H,7-8H2,(H,22,25)/t13?,15-,31+/m0/s1. The van der Waals surface area contributed by atoms with Crippen LogP contribution >= 0.6 is 34.8 Å². The van der Waals surface area contributed by atoms with Gasteiger partial charge in [0.15, 0.2) is 22.8 Å². The van der Waals surface area contributed by atoms with Crippen LogP contribution in [0.25, 0.3) is 5.53 Å². The number of carbonyl (C=O) groups is 3. The second-order valence-electron chi connectivity index (χ2n) is 6.20. The number of β-lactam (4-membered cyclic amide) rings is 1. The van der Waals surface area contributed by atoms with E-state index in [1.807, 2.05) is 0 Å². The number of nitrogens with zero attached hydrogens (tertiary/aromatic N) is 3. The molecule has 2 aliphatic heterocycles. The van der Waals surface area contributed by atoms with Crippen molar-refractivity contribution in [2.75, 3.05) is 13.2 Å². The van der Waals surface area contributed by atoms with Gasteiger partial charge in [-0.15, -0.1) is 0 Å². The molecule has 2 heterocycles. The first-order chi connectivity index (χ1) is 14.6. The van der Waals surface area contributed by atoms with Gasteiger partial charge >= 0.3 is 11.0 Å². The monoisotopic (exact) mass is 506 g/mol. The molecule has 0 bridgehead atoms. The van der Waals surface area contributed by atoms with Crippen molar-refractivity contribution in [2.24, 2.45) is 0 Å². The maximum Gasteiger partial charge on any atom is 0.383 e. The molecular weight excluding hydrogens is 495 g/mol. The number of benzene rings is 1. The minimum absolute atomic E-state index is 0.373. The molecule has 0 aliphatic carbocycles. The SMILES string of the molecule is [N-]=[N+]=C1C=C(C(=O)OCC(Cl)(Cl)Cl)N2C(=O)C(NC(=O)COc3ccccc3)[C@@H]2[S@@]1=O. The van der Waals surface area contributed by atoms with Gasteiger partial charge in [-0.2, -0.15) is 4.79 Å². The number of halogens is 3. The molecule has 0 spiro atoms. The van der Waals surface area contributed by atoms with Crippen LogP contribution in [0.2, 0.25) is 0 Å². The third kappa shape index (κ3) is 5.25. The molecule has 0 aromatic heterocycles. The van der Waals surface area contributed by atoms with Crippen molar-refractivity contribution in [1.82, 2.24) is 10.2 Å². The van der Waals surface area contributed by atoms with Gasteiger partial charge < -0.3 is 20.3 Å². The van der Waals surface area contributed by atoms with Crippen LogP contribution in [0.15, 0.2) is 42.1 Å². The second-order valence-corrected chi connectivity index (χ2v) is 10.2. The zero-order valence-electron chi connectivity index (χ0n) is 15.4. The summed E-state index contributed by atoms with van der Waals surface area (Å²) in [6.07, 6.45) is 0.918. The maximum atomic E-state index is 12.6. The van der Waals surface area contributed by atoms with Crippen molar-refractivity contribution in [3.05, 3.63) is 47.6 Å². The topological polar surface area (TPSA) is 138 Å². The molecule has 14 heteroatoms. The summed E-state index contributed by atoms with van der Waals surface area (Å²) in [6.45, 7) is -1.02. The summed E-state index contributed by atoms with van der Waals surface area (Å²) in [4.78, 5) is 40.8. The second kappa shape index (κ2) is 9.37. The number of ether oxygens (including phenoxy) is 2. The first kappa shape index (κ1) is 23.2. The van der Waals surface area contributed by atoms with Gasteiger partial charge in [-0.1, -0.05) is 53.0 Å². The van der Waals surface area contributed by atoms with Gasteiger partial charge in [0.25, 0.3) is 11.8 Å². The van der Waals surface area contributed by atoms with E-state index in [0.717, 1.165) is 11.0 Å².